The van der Waals surface area contributed by atoms with Crippen molar-refractivity contribution in [2.24, 2.45) is 0 Å². The number of phenols is 2. The fourth-order valence-corrected chi connectivity index (χ4v) is 3.36. The highest BCUT2D eigenvalue weighted by atomic mass is 16.3. The fraction of sp³-hybridized carbons (Fsp3) is 0.217. The van der Waals surface area contributed by atoms with Gasteiger partial charge in [-0.2, -0.15) is 0 Å². The van der Waals surface area contributed by atoms with E-state index in [2.05, 4.69) is 37.3 Å². The highest BCUT2D eigenvalue weighted by molar-refractivity contribution is 5.52. The summed E-state index contributed by atoms with van der Waals surface area (Å²) < 4.78 is 0. The Morgan fingerprint density at radius 2 is 1.52 bits per heavy atom. The molecule has 3 aromatic rings. The Bertz CT molecular complexity index is 825. The van der Waals surface area contributed by atoms with Gasteiger partial charge < -0.3 is 10.2 Å². The summed E-state index contributed by atoms with van der Waals surface area (Å²) in [6, 6.07) is 23.3. The van der Waals surface area contributed by atoms with Crippen molar-refractivity contribution in [3.05, 3.63) is 95.1 Å². The molecule has 0 aliphatic heterocycles. The van der Waals surface area contributed by atoms with E-state index in [4.69, 9.17) is 0 Å². The molecule has 1 atom stereocenters. The standard InChI is InChI=1S/C23H24O2/c1-2-3-9-17-10-7-8-13-20(17)23(18-11-5-4-6-12-18)21-16-19(24)14-15-22(21)25/h4-8,10-16,23-25H,2-3,9H2,1H3. The minimum absolute atomic E-state index is 0.110. The van der Waals surface area contributed by atoms with Crippen molar-refractivity contribution in [1.82, 2.24) is 0 Å². The lowest BCUT2D eigenvalue weighted by Gasteiger charge is -2.23. The van der Waals surface area contributed by atoms with Gasteiger partial charge in [-0.3, -0.25) is 0 Å². The summed E-state index contributed by atoms with van der Waals surface area (Å²) in [4.78, 5) is 0. The van der Waals surface area contributed by atoms with Crippen LogP contribution in [0.5, 0.6) is 11.5 Å². The van der Waals surface area contributed by atoms with E-state index >= 15 is 0 Å². The minimum Gasteiger partial charge on any atom is -0.508 e. The molecule has 2 heteroatoms. The third-order valence-electron chi connectivity index (χ3n) is 4.62. The monoisotopic (exact) mass is 332 g/mol. The summed E-state index contributed by atoms with van der Waals surface area (Å²) in [6.45, 7) is 2.19. The minimum atomic E-state index is -0.110. The van der Waals surface area contributed by atoms with Gasteiger partial charge in [0.15, 0.2) is 0 Å². The number of hydrogen-bond donors (Lipinski definition) is 2. The van der Waals surface area contributed by atoms with Gasteiger partial charge in [0.05, 0.1) is 0 Å². The van der Waals surface area contributed by atoms with Gasteiger partial charge in [-0.25, -0.2) is 0 Å². The Kier molecular flexibility index (Phi) is 5.39. The molecule has 25 heavy (non-hydrogen) atoms. The van der Waals surface area contributed by atoms with Crippen molar-refractivity contribution < 1.29 is 10.2 Å². The lowest BCUT2D eigenvalue weighted by atomic mass is 9.81. The van der Waals surface area contributed by atoms with Gasteiger partial charge in [-0.1, -0.05) is 67.9 Å². The van der Waals surface area contributed by atoms with Gasteiger partial charge in [0.1, 0.15) is 11.5 Å². The van der Waals surface area contributed by atoms with E-state index in [0.29, 0.717) is 0 Å². The molecule has 0 aliphatic carbocycles. The lowest BCUT2D eigenvalue weighted by molar-refractivity contribution is 0.453. The molecule has 0 fully saturated rings. The van der Waals surface area contributed by atoms with Crippen molar-refractivity contribution in [2.75, 3.05) is 0 Å². The largest absolute Gasteiger partial charge is 0.508 e. The van der Waals surface area contributed by atoms with Crippen molar-refractivity contribution in [3.8, 4) is 11.5 Å². The zero-order chi connectivity index (χ0) is 17.6. The summed E-state index contributed by atoms with van der Waals surface area (Å²) in [5.74, 6) is 0.262. The maximum absolute atomic E-state index is 10.5. The second kappa shape index (κ2) is 7.89. The third-order valence-corrected chi connectivity index (χ3v) is 4.62. The first-order chi connectivity index (χ1) is 12.2. The lowest BCUT2D eigenvalue weighted by Crippen LogP contribution is -2.07. The number of benzene rings is 3. The zero-order valence-corrected chi connectivity index (χ0v) is 14.5. The molecule has 0 saturated heterocycles. The first-order valence-corrected chi connectivity index (χ1v) is 8.85. The van der Waals surface area contributed by atoms with E-state index in [9.17, 15) is 10.2 Å². The van der Waals surface area contributed by atoms with Crippen LogP contribution in [0.4, 0.5) is 0 Å². The fourth-order valence-electron chi connectivity index (χ4n) is 3.36. The number of unbranched alkanes of at least 4 members (excludes halogenated alkanes) is 1. The number of phenolic OH excluding ortho intramolecular Hbond substituents is 2. The van der Waals surface area contributed by atoms with E-state index in [0.717, 1.165) is 30.4 Å². The predicted octanol–water partition coefficient (Wildman–Crippen LogP) is 5.62. The molecule has 0 bridgehead atoms. The van der Waals surface area contributed by atoms with Crippen LogP contribution in [0.25, 0.3) is 0 Å². The average Bonchev–Trinajstić information content (AvgIpc) is 2.65. The van der Waals surface area contributed by atoms with Crippen LogP contribution >= 0.6 is 0 Å². The van der Waals surface area contributed by atoms with Crippen LogP contribution in [0, 0.1) is 0 Å². The Hall–Kier alpha value is -2.74. The summed E-state index contributed by atoms with van der Waals surface area (Å²) >= 11 is 0. The van der Waals surface area contributed by atoms with Crippen LogP contribution in [-0.2, 0) is 6.42 Å². The molecule has 128 valence electrons. The molecule has 0 aromatic heterocycles. The number of aromatic hydroxyl groups is 2. The zero-order valence-electron chi connectivity index (χ0n) is 14.5. The summed E-state index contributed by atoms with van der Waals surface area (Å²) in [5.41, 5.74) is 4.31. The number of hydrogen-bond acceptors (Lipinski definition) is 2. The normalized spacial score (nSPS) is 12.0. The second-order valence-corrected chi connectivity index (χ2v) is 6.39. The smallest absolute Gasteiger partial charge is 0.120 e. The molecule has 0 radical (unpaired) electrons. The van der Waals surface area contributed by atoms with Gasteiger partial charge >= 0.3 is 0 Å². The van der Waals surface area contributed by atoms with Gasteiger partial charge in [0, 0.05) is 11.5 Å². The molecule has 0 heterocycles. The van der Waals surface area contributed by atoms with E-state index in [-0.39, 0.29) is 17.4 Å². The van der Waals surface area contributed by atoms with Crippen molar-refractivity contribution in [1.29, 1.82) is 0 Å². The summed E-state index contributed by atoms with van der Waals surface area (Å²) in [7, 11) is 0. The average molecular weight is 332 g/mol. The van der Waals surface area contributed by atoms with Gasteiger partial charge in [0.2, 0.25) is 0 Å². The molecule has 2 nitrogen and oxygen atoms in total. The topological polar surface area (TPSA) is 40.5 Å². The summed E-state index contributed by atoms with van der Waals surface area (Å²) in [5, 5.41) is 20.5. The Morgan fingerprint density at radius 1 is 0.800 bits per heavy atom. The van der Waals surface area contributed by atoms with E-state index in [1.54, 1.807) is 12.1 Å². The highest BCUT2D eigenvalue weighted by Crippen LogP contribution is 2.39. The maximum Gasteiger partial charge on any atom is 0.120 e. The van der Waals surface area contributed by atoms with Crippen LogP contribution in [-0.4, -0.2) is 10.2 Å². The highest BCUT2D eigenvalue weighted by Gasteiger charge is 2.22. The SMILES string of the molecule is CCCCc1ccccc1C(c1ccccc1)c1cc(O)ccc1O. The van der Waals surface area contributed by atoms with E-state index in [1.165, 1.54) is 17.2 Å². The molecule has 3 aromatic carbocycles. The Morgan fingerprint density at radius 3 is 2.28 bits per heavy atom. The first kappa shape index (κ1) is 17.1. The van der Waals surface area contributed by atoms with E-state index < -0.39 is 0 Å². The molecule has 3 rings (SSSR count). The van der Waals surface area contributed by atoms with Gasteiger partial charge in [0.25, 0.3) is 0 Å². The second-order valence-electron chi connectivity index (χ2n) is 6.39. The third kappa shape index (κ3) is 3.85. The summed E-state index contributed by atoms with van der Waals surface area (Å²) in [6.07, 6.45) is 3.28. The first-order valence-electron chi connectivity index (χ1n) is 8.85. The van der Waals surface area contributed by atoms with Crippen molar-refractivity contribution >= 4 is 0 Å². The number of rotatable bonds is 6. The molecule has 0 amide bonds. The predicted molar refractivity (Wildman–Crippen MR) is 102 cm³/mol. The molecule has 1 unspecified atom stereocenters. The van der Waals surface area contributed by atoms with Crippen molar-refractivity contribution in [2.45, 2.75) is 32.1 Å². The van der Waals surface area contributed by atoms with Gasteiger partial charge in [-0.05, 0) is 47.7 Å². The molecule has 2 N–H and O–H groups in total. The van der Waals surface area contributed by atoms with E-state index in [1.807, 2.05) is 24.3 Å². The van der Waals surface area contributed by atoms with Crippen LogP contribution in [0.15, 0.2) is 72.8 Å². The molecule has 0 saturated carbocycles. The Labute approximate surface area is 149 Å². The van der Waals surface area contributed by atoms with Crippen LogP contribution < -0.4 is 0 Å². The van der Waals surface area contributed by atoms with Crippen LogP contribution in [0.3, 0.4) is 0 Å². The van der Waals surface area contributed by atoms with Gasteiger partial charge in [-0.15, -0.1) is 0 Å². The molecular weight excluding hydrogens is 308 g/mol. The molecule has 0 aliphatic rings. The Balaban J connectivity index is 2.18. The van der Waals surface area contributed by atoms with Crippen molar-refractivity contribution in [3.63, 3.8) is 0 Å². The molecular formula is C23H24O2. The molecule has 0 spiro atoms. The maximum atomic E-state index is 10.5. The van der Waals surface area contributed by atoms with Crippen LogP contribution in [0.2, 0.25) is 0 Å². The number of aryl methyl sites for hydroxylation is 1. The van der Waals surface area contributed by atoms with Crippen LogP contribution in [0.1, 0.15) is 47.9 Å². The quantitative estimate of drug-likeness (QED) is 0.454.